The molecule has 0 aliphatic heterocycles. The van der Waals surface area contributed by atoms with Crippen LogP contribution in [0.3, 0.4) is 0 Å². The Morgan fingerprint density at radius 1 is 0.286 bits per heavy atom. The van der Waals surface area contributed by atoms with Gasteiger partial charge in [0, 0.05) is 25.7 Å². The summed E-state index contributed by atoms with van der Waals surface area (Å²) in [6.07, 6.45) is 67.4. The van der Waals surface area contributed by atoms with Crippen LogP contribution in [0.4, 0.5) is 0 Å². The molecule has 0 radical (unpaired) electrons. The summed E-state index contributed by atoms with van der Waals surface area (Å²) < 4.78 is 68.6. The molecule has 0 spiro atoms. The van der Waals surface area contributed by atoms with Crippen LogP contribution < -0.4 is 0 Å². The van der Waals surface area contributed by atoms with Gasteiger partial charge in [-0.15, -0.1) is 0 Å². The number of aliphatic hydroxyl groups is 1. The van der Waals surface area contributed by atoms with Crippen molar-refractivity contribution in [3.8, 4) is 0 Å². The Morgan fingerprint density at radius 2 is 0.490 bits per heavy atom. The number of carbonyl (C=O) groups excluding carboxylic acids is 4. The summed E-state index contributed by atoms with van der Waals surface area (Å²) in [6.45, 7) is 4.93. The van der Waals surface area contributed by atoms with Crippen LogP contribution in [-0.4, -0.2) is 96.7 Å². The maximum absolute atomic E-state index is 13.1. The zero-order valence-corrected chi connectivity index (χ0v) is 65.0. The summed E-state index contributed by atoms with van der Waals surface area (Å²) in [4.78, 5) is 72.9. The van der Waals surface area contributed by atoms with Crippen LogP contribution in [0, 0.1) is 0 Å². The second kappa shape index (κ2) is 72.9. The molecule has 0 aliphatic rings. The van der Waals surface area contributed by atoms with E-state index in [1.807, 2.05) is 0 Å². The van der Waals surface area contributed by atoms with Crippen molar-refractivity contribution in [2.24, 2.45) is 0 Å². The van der Waals surface area contributed by atoms with Gasteiger partial charge in [-0.2, -0.15) is 0 Å². The van der Waals surface area contributed by atoms with Gasteiger partial charge in [0.05, 0.1) is 26.4 Å². The van der Waals surface area contributed by atoms with Crippen molar-refractivity contribution in [3.05, 3.63) is 24.3 Å². The Morgan fingerprint density at radius 3 is 0.745 bits per heavy atom. The fourth-order valence-corrected chi connectivity index (χ4v) is 13.3. The van der Waals surface area contributed by atoms with Gasteiger partial charge < -0.3 is 33.8 Å². The molecule has 0 aliphatic carbocycles. The van der Waals surface area contributed by atoms with E-state index in [0.29, 0.717) is 25.7 Å². The molecular weight excluding hydrogens is 1280 g/mol. The zero-order valence-electron chi connectivity index (χ0n) is 63.2. The van der Waals surface area contributed by atoms with Crippen LogP contribution in [0.15, 0.2) is 24.3 Å². The van der Waals surface area contributed by atoms with E-state index in [1.54, 1.807) is 0 Å². The van der Waals surface area contributed by atoms with Gasteiger partial charge in [-0.05, 0) is 51.4 Å². The van der Waals surface area contributed by atoms with Crippen molar-refractivity contribution in [1.29, 1.82) is 0 Å². The molecule has 0 saturated carbocycles. The quantitative estimate of drug-likeness (QED) is 0.0169. The van der Waals surface area contributed by atoms with E-state index >= 15 is 0 Å². The monoisotopic (exact) mass is 1430 g/mol. The molecule has 5 atom stereocenters. The van der Waals surface area contributed by atoms with E-state index in [9.17, 15) is 43.2 Å². The Bertz CT molecular complexity index is 1950. The highest BCUT2D eigenvalue weighted by atomic mass is 31.2. The first kappa shape index (κ1) is 95.5. The van der Waals surface area contributed by atoms with E-state index in [1.165, 1.54) is 218 Å². The highest BCUT2D eigenvalue weighted by Gasteiger charge is 2.30. The number of hydrogen-bond donors (Lipinski definition) is 3. The topological polar surface area (TPSA) is 237 Å². The second-order valence-electron chi connectivity index (χ2n) is 27.8. The molecule has 0 rings (SSSR count). The molecule has 0 aromatic rings. The molecule has 0 fully saturated rings. The summed E-state index contributed by atoms with van der Waals surface area (Å²) in [6, 6.07) is 0. The normalized spacial score (nSPS) is 14.0. The van der Waals surface area contributed by atoms with Crippen molar-refractivity contribution >= 4 is 39.5 Å². The lowest BCUT2D eigenvalue weighted by Gasteiger charge is -2.21. The molecular formula is C79H150O17P2. The zero-order chi connectivity index (χ0) is 71.8. The minimum absolute atomic E-state index is 0.0856. The molecule has 0 aromatic heterocycles. The highest BCUT2D eigenvalue weighted by Crippen LogP contribution is 2.45. The number of ether oxygens (including phenoxy) is 4. The standard InChI is InChI=1S/C79H150O17P2/c1-5-9-13-17-21-25-28-31-34-36-37-40-43-46-50-54-58-62-66-79(84)96-75(70-90-77(82)64-60-56-52-48-44-41-39-35-32-29-26-22-18-14-10-6-2)72-94-98(87,88)92-68-73(80)67-91-97(85,86)93-71-74(69-89-76(81)63-59-55-51-47-24-20-16-12-8-4)95-78(83)65-61-57-53-49-45-42-38-33-30-27-23-19-15-11-7-3/h27,30,33,38,73-75,80H,5-26,28-29,31-32,34-37,39-72H2,1-4H3,(H,85,86)(H,87,88)/b30-27-,38-33-/t73-,74+,75+/m0/s1. The van der Waals surface area contributed by atoms with Gasteiger partial charge in [0.1, 0.15) is 19.3 Å². The fourth-order valence-electron chi connectivity index (χ4n) is 11.7. The summed E-state index contributed by atoms with van der Waals surface area (Å²) in [5, 5.41) is 10.6. The first-order valence-electron chi connectivity index (χ1n) is 40.6. The molecule has 0 saturated heterocycles. The maximum atomic E-state index is 13.1. The van der Waals surface area contributed by atoms with E-state index < -0.39 is 97.5 Å². The number of allylic oxidation sites excluding steroid dienone is 4. The second-order valence-corrected chi connectivity index (χ2v) is 30.7. The SMILES string of the molecule is CCCCCC/C=C\C=C/CCCCCCCC(=O)O[C@H](COC(=O)CCCCCCCCCCC)COP(=O)(O)OC[C@H](O)COP(=O)(O)OC[C@@H](COC(=O)CCCCCCCCCCCCCCCCCC)OC(=O)CCCCCCCCCCCCCCCCCCCC. The van der Waals surface area contributed by atoms with Crippen LogP contribution in [0.25, 0.3) is 0 Å². The van der Waals surface area contributed by atoms with Crippen molar-refractivity contribution in [2.45, 2.75) is 418 Å². The molecule has 0 aromatic carbocycles. The number of esters is 4. The number of aliphatic hydroxyl groups excluding tert-OH is 1. The predicted octanol–water partition coefficient (Wildman–Crippen LogP) is 23.3. The van der Waals surface area contributed by atoms with E-state index in [2.05, 4.69) is 52.0 Å². The number of rotatable bonds is 78. The third-order valence-corrected chi connectivity index (χ3v) is 19.9. The molecule has 19 heteroatoms. The van der Waals surface area contributed by atoms with Gasteiger partial charge in [0.2, 0.25) is 0 Å². The minimum Gasteiger partial charge on any atom is -0.462 e. The largest absolute Gasteiger partial charge is 0.472 e. The molecule has 2 unspecified atom stereocenters. The van der Waals surface area contributed by atoms with Crippen LogP contribution >= 0.6 is 15.6 Å². The lowest BCUT2D eigenvalue weighted by molar-refractivity contribution is -0.161. The van der Waals surface area contributed by atoms with E-state index in [4.69, 9.17) is 37.0 Å². The van der Waals surface area contributed by atoms with Crippen LogP contribution in [0.2, 0.25) is 0 Å². The van der Waals surface area contributed by atoms with Crippen LogP contribution in [-0.2, 0) is 65.4 Å². The Hall–Kier alpha value is -2.46. The molecule has 0 amide bonds. The molecule has 17 nitrogen and oxygen atoms in total. The number of phosphoric acid groups is 2. The average Bonchev–Trinajstić information content (AvgIpc) is 1.25. The average molecular weight is 1430 g/mol. The predicted molar refractivity (Wildman–Crippen MR) is 400 cm³/mol. The van der Waals surface area contributed by atoms with Gasteiger partial charge in [-0.3, -0.25) is 37.3 Å². The molecule has 0 heterocycles. The summed E-state index contributed by atoms with van der Waals surface area (Å²) in [5.74, 6) is -2.14. The van der Waals surface area contributed by atoms with Gasteiger partial charge in [0.15, 0.2) is 12.2 Å². The fraction of sp³-hybridized carbons (Fsp3) is 0.899. The minimum atomic E-state index is -4.96. The van der Waals surface area contributed by atoms with Crippen molar-refractivity contribution in [3.63, 3.8) is 0 Å². The summed E-state index contributed by atoms with van der Waals surface area (Å²) in [7, 11) is -9.92. The van der Waals surface area contributed by atoms with Gasteiger partial charge >= 0.3 is 39.5 Å². The first-order valence-corrected chi connectivity index (χ1v) is 43.6. The van der Waals surface area contributed by atoms with Crippen molar-refractivity contribution in [1.82, 2.24) is 0 Å². The molecule has 0 bridgehead atoms. The Balaban J connectivity index is 5.25. The van der Waals surface area contributed by atoms with Gasteiger partial charge in [-0.1, -0.05) is 347 Å². The number of hydrogen-bond acceptors (Lipinski definition) is 15. The van der Waals surface area contributed by atoms with Gasteiger partial charge in [0.25, 0.3) is 0 Å². The molecule has 98 heavy (non-hydrogen) atoms. The Kier molecular flexibility index (Phi) is 71.0. The summed E-state index contributed by atoms with van der Waals surface area (Å²) in [5.41, 5.74) is 0. The Labute approximate surface area is 599 Å². The van der Waals surface area contributed by atoms with Gasteiger partial charge in [-0.25, -0.2) is 9.13 Å². The number of carbonyl (C=O) groups is 4. The smallest absolute Gasteiger partial charge is 0.462 e. The molecule has 3 N–H and O–H groups in total. The highest BCUT2D eigenvalue weighted by molar-refractivity contribution is 7.47. The first-order chi connectivity index (χ1) is 47.7. The number of phosphoric ester groups is 2. The lowest BCUT2D eigenvalue weighted by atomic mass is 10.0. The lowest BCUT2D eigenvalue weighted by Crippen LogP contribution is -2.30. The van der Waals surface area contributed by atoms with Crippen LogP contribution in [0.1, 0.15) is 400 Å². The third kappa shape index (κ3) is 71.9. The number of unbranched alkanes of at least 4 members (excludes halogenated alkanes) is 49. The summed E-state index contributed by atoms with van der Waals surface area (Å²) >= 11 is 0. The van der Waals surface area contributed by atoms with Crippen molar-refractivity contribution in [2.75, 3.05) is 39.6 Å². The molecule has 578 valence electrons. The third-order valence-electron chi connectivity index (χ3n) is 18.0. The van der Waals surface area contributed by atoms with E-state index in [0.717, 1.165) is 103 Å². The van der Waals surface area contributed by atoms with Crippen molar-refractivity contribution < 1.29 is 80.2 Å². The maximum Gasteiger partial charge on any atom is 0.472 e. The van der Waals surface area contributed by atoms with Crippen LogP contribution in [0.5, 0.6) is 0 Å². The van der Waals surface area contributed by atoms with E-state index in [-0.39, 0.29) is 25.7 Å².